The number of nitrogens with one attached hydrogen (secondary N) is 1. The van der Waals surface area contributed by atoms with Crippen molar-refractivity contribution in [3.63, 3.8) is 0 Å². The largest absolute Gasteiger partial charge is 0.459 e. The number of hydrogen-bond donors (Lipinski definition) is 1. The average molecular weight is 334 g/mol. The van der Waals surface area contributed by atoms with Crippen LogP contribution in [-0.4, -0.2) is 33.2 Å². The molecule has 6 heteroatoms. The smallest absolute Gasteiger partial charge is 0.283 e. The van der Waals surface area contributed by atoms with E-state index in [1.165, 1.54) is 16.5 Å². The van der Waals surface area contributed by atoms with Crippen molar-refractivity contribution in [3.8, 4) is 11.7 Å². The number of aromatic nitrogens is 3. The van der Waals surface area contributed by atoms with E-state index in [0.717, 1.165) is 26.1 Å². The van der Waals surface area contributed by atoms with E-state index in [0.29, 0.717) is 17.5 Å². The molecule has 5 rings (SSSR count). The highest BCUT2D eigenvalue weighted by molar-refractivity contribution is 5.82. The summed E-state index contributed by atoms with van der Waals surface area (Å²) in [5.74, 6) is 2.05. The van der Waals surface area contributed by atoms with Crippen LogP contribution in [0, 0.1) is 0 Å². The summed E-state index contributed by atoms with van der Waals surface area (Å²) in [6.45, 7) is 2.89. The van der Waals surface area contributed by atoms with Crippen LogP contribution in [0.15, 0.2) is 57.7 Å². The minimum atomic E-state index is 0.279. The van der Waals surface area contributed by atoms with Crippen LogP contribution in [0.3, 0.4) is 0 Å². The maximum atomic E-state index is 5.82. The van der Waals surface area contributed by atoms with Gasteiger partial charge in [-0.2, -0.15) is 0 Å². The molecule has 6 nitrogen and oxygen atoms in total. The maximum absolute atomic E-state index is 5.82. The van der Waals surface area contributed by atoms with Crippen molar-refractivity contribution in [2.75, 3.05) is 13.1 Å². The summed E-state index contributed by atoms with van der Waals surface area (Å²) >= 11 is 0. The van der Waals surface area contributed by atoms with Gasteiger partial charge in [-0.25, -0.2) is 0 Å². The lowest BCUT2D eigenvalue weighted by Gasteiger charge is -2.14. The minimum Gasteiger partial charge on any atom is -0.459 e. The third-order valence-corrected chi connectivity index (χ3v) is 4.86. The third kappa shape index (κ3) is 2.64. The Morgan fingerprint density at radius 2 is 2.12 bits per heavy atom. The molecule has 4 heterocycles. The van der Waals surface area contributed by atoms with Crippen LogP contribution in [0.25, 0.3) is 22.6 Å². The molecular formula is C19H18N4O2. The number of H-pyrrole nitrogens is 1. The lowest BCUT2D eigenvalue weighted by molar-refractivity contribution is 0.321. The first kappa shape index (κ1) is 14.5. The fourth-order valence-electron chi connectivity index (χ4n) is 3.58. The fraction of sp³-hybridized carbons (Fsp3) is 0.263. The van der Waals surface area contributed by atoms with E-state index >= 15 is 0 Å². The van der Waals surface area contributed by atoms with Crippen molar-refractivity contribution in [2.24, 2.45) is 0 Å². The van der Waals surface area contributed by atoms with Gasteiger partial charge < -0.3 is 13.8 Å². The minimum absolute atomic E-state index is 0.279. The summed E-state index contributed by atoms with van der Waals surface area (Å²) in [4.78, 5) is 5.79. The number of nitrogens with zero attached hydrogens (tertiary/aromatic N) is 3. The second-order valence-electron chi connectivity index (χ2n) is 6.50. The molecule has 126 valence electrons. The Balaban J connectivity index is 1.30. The molecule has 0 radical (unpaired) electrons. The first-order chi connectivity index (χ1) is 12.4. The molecule has 1 N–H and O–H groups in total. The molecule has 1 fully saturated rings. The zero-order chi connectivity index (χ0) is 16.6. The molecule has 1 unspecified atom stereocenters. The van der Waals surface area contributed by atoms with Crippen molar-refractivity contribution in [3.05, 3.63) is 60.3 Å². The molecule has 1 aromatic carbocycles. The Labute approximate surface area is 144 Å². The van der Waals surface area contributed by atoms with Gasteiger partial charge in [0.1, 0.15) is 0 Å². The molecule has 1 saturated heterocycles. The number of rotatable bonds is 4. The Kier molecular flexibility index (Phi) is 3.41. The van der Waals surface area contributed by atoms with Gasteiger partial charge in [-0.3, -0.25) is 4.90 Å². The lowest BCUT2D eigenvalue weighted by Crippen LogP contribution is -2.19. The Morgan fingerprint density at radius 3 is 3.04 bits per heavy atom. The summed E-state index contributed by atoms with van der Waals surface area (Å²) in [7, 11) is 0. The standard InChI is InChI=1S/C19H18N4O2/c1-2-5-16-15(4-1)14(10-20-16)12-23-8-7-13(11-23)18-21-22-19(25-18)17-6-3-9-24-17/h1-6,9-10,13,20H,7-8,11-12H2. The normalized spacial score (nSPS) is 18.3. The number of aromatic amines is 1. The molecule has 0 amide bonds. The van der Waals surface area contributed by atoms with E-state index in [-0.39, 0.29) is 5.92 Å². The molecule has 0 bridgehead atoms. The molecular weight excluding hydrogens is 316 g/mol. The number of para-hydroxylation sites is 1. The predicted octanol–water partition coefficient (Wildman–Crippen LogP) is 3.80. The van der Waals surface area contributed by atoms with Gasteiger partial charge in [0.05, 0.1) is 12.2 Å². The highest BCUT2D eigenvalue weighted by Crippen LogP contribution is 2.30. The quantitative estimate of drug-likeness (QED) is 0.614. The Morgan fingerprint density at radius 1 is 1.16 bits per heavy atom. The second kappa shape index (κ2) is 5.89. The predicted molar refractivity (Wildman–Crippen MR) is 92.9 cm³/mol. The van der Waals surface area contributed by atoms with Gasteiger partial charge in [-0.1, -0.05) is 18.2 Å². The number of hydrogen-bond acceptors (Lipinski definition) is 5. The van der Waals surface area contributed by atoms with E-state index in [2.05, 4.69) is 50.5 Å². The molecule has 3 aromatic heterocycles. The zero-order valence-electron chi connectivity index (χ0n) is 13.7. The van der Waals surface area contributed by atoms with Crippen molar-refractivity contribution < 1.29 is 8.83 Å². The summed E-state index contributed by atoms with van der Waals surface area (Å²) in [5, 5.41) is 9.63. The molecule has 25 heavy (non-hydrogen) atoms. The molecule has 0 aliphatic carbocycles. The molecule has 4 aromatic rings. The third-order valence-electron chi connectivity index (χ3n) is 4.86. The summed E-state index contributed by atoms with van der Waals surface area (Å²) in [5.41, 5.74) is 2.52. The topological polar surface area (TPSA) is 71.1 Å². The van der Waals surface area contributed by atoms with Crippen LogP contribution < -0.4 is 0 Å². The van der Waals surface area contributed by atoms with Gasteiger partial charge in [0.25, 0.3) is 5.89 Å². The Bertz CT molecular complexity index is 986. The molecule has 1 aliphatic heterocycles. The van der Waals surface area contributed by atoms with E-state index in [4.69, 9.17) is 8.83 Å². The number of benzene rings is 1. The lowest BCUT2D eigenvalue weighted by atomic mass is 10.1. The van der Waals surface area contributed by atoms with E-state index in [1.54, 1.807) is 6.26 Å². The van der Waals surface area contributed by atoms with Gasteiger partial charge in [0, 0.05) is 30.2 Å². The second-order valence-corrected chi connectivity index (χ2v) is 6.50. The van der Waals surface area contributed by atoms with Gasteiger partial charge in [0.2, 0.25) is 5.89 Å². The van der Waals surface area contributed by atoms with Crippen LogP contribution >= 0.6 is 0 Å². The van der Waals surface area contributed by atoms with E-state index in [9.17, 15) is 0 Å². The SMILES string of the molecule is c1coc(-c2nnc(C3CCN(Cc4c[nH]c5ccccc45)C3)o2)c1. The molecule has 1 atom stereocenters. The van der Waals surface area contributed by atoms with Gasteiger partial charge in [0.15, 0.2) is 5.76 Å². The van der Waals surface area contributed by atoms with Crippen molar-refractivity contribution >= 4 is 10.9 Å². The summed E-state index contributed by atoms with van der Waals surface area (Å²) in [6.07, 6.45) is 4.75. The summed E-state index contributed by atoms with van der Waals surface area (Å²) < 4.78 is 11.1. The number of likely N-dealkylation sites (tertiary alicyclic amines) is 1. The first-order valence-electron chi connectivity index (χ1n) is 8.51. The molecule has 1 aliphatic rings. The van der Waals surface area contributed by atoms with E-state index in [1.807, 2.05) is 12.1 Å². The Hall–Kier alpha value is -2.86. The molecule has 0 spiro atoms. The van der Waals surface area contributed by atoms with Gasteiger partial charge >= 0.3 is 0 Å². The maximum Gasteiger partial charge on any atom is 0.283 e. The highest BCUT2D eigenvalue weighted by Gasteiger charge is 2.29. The summed E-state index contributed by atoms with van der Waals surface area (Å²) in [6, 6.07) is 12.1. The highest BCUT2D eigenvalue weighted by atomic mass is 16.4. The number of furan rings is 1. The van der Waals surface area contributed by atoms with Crippen LogP contribution in [0.2, 0.25) is 0 Å². The fourth-order valence-corrected chi connectivity index (χ4v) is 3.58. The zero-order valence-corrected chi connectivity index (χ0v) is 13.7. The van der Waals surface area contributed by atoms with Crippen molar-refractivity contribution in [2.45, 2.75) is 18.9 Å². The molecule has 0 saturated carbocycles. The van der Waals surface area contributed by atoms with Crippen LogP contribution in [0.4, 0.5) is 0 Å². The van der Waals surface area contributed by atoms with Gasteiger partial charge in [-0.05, 0) is 36.7 Å². The number of fused-ring (bicyclic) bond motifs is 1. The first-order valence-corrected chi connectivity index (χ1v) is 8.51. The van der Waals surface area contributed by atoms with Crippen LogP contribution in [0.1, 0.15) is 23.8 Å². The van der Waals surface area contributed by atoms with E-state index < -0.39 is 0 Å². The van der Waals surface area contributed by atoms with Crippen LogP contribution in [-0.2, 0) is 6.54 Å². The van der Waals surface area contributed by atoms with Crippen LogP contribution in [0.5, 0.6) is 0 Å². The van der Waals surface area contributed by atoms with Gasteiger partial charge in [-0.15, -0.1) is 10.2 Å². The monoisotopic (exact) mass is 334 g/mol. The van der Waals surface area contributed by atoms with Crippen molar-refractivity contribution in [1.29, 1.82) is 0 Å². The average Bonchev–Trinajstić information content (AvgIpc) is 3.42. The van der Waals surface area contributed by atoms with Crippen molar-refractivity contribution in [1.82, 2.24) is 20.1 Å².